The molecule has 0 aliphatic heterocycles. The fraction of sp³-hybridized carbons (Fsp3) is 0.320. The first kappa shape index (κ1) is 26.9. The Balaban J connectivity index is 1.76. The predicted octanol–water partition coefficient (Wildman–Crippen LogP) is 6.60. The first-order valence-corrected chi connectivity index (χ1v) is 11.9. The summed E-state index contributed by atoms with van der Waals surface area (Å²) in [5.41, 5.74) is -0.329. The number of nitrogens with zero attached hydrogens (tertiary/aromatic N) is 2. The summed E-state index contributed by atoms with van der Waals surface area (Å²) in [7, 11) is 0. The van der Waals surface area contributed by atoms with Gasteiger partial charge in [-0.05, 0) is 78.5 Å². The van der Waals surface area contributed by atoms with E-state index in [2.05, 4.69) is 31.2 Å². The van der Waals surface area contributed by atoms with Gasteiger partial charge in [0.1, 0.15) is 0 Å². The molecule has 2 heterocycles. The van der Waals surface area contributed by atoms with Crippen molar-refractivity contribution in [1.82, 2.24) is 15.3 Å². The first-order chi connectivity index (χ1) is 16.3. The maximum Gasteiger partial charge on any atom is 0.417 e. The quantitative estimate of drug-likeness (QED) is 0.331. The van der Waals surface area contributed by atoms with E-state index in [4.69, 9.17) is 16.3 Å². The summed E-state index contributed by atoms with van der Waals surface area (Å²) in [5, 5.41) is 3.62. The molecule has 0 spiro atoms. The molecule has 3 aromatic rings. The van der Waals surface area contributed by atoms with Gasteiger partial charge in [0.25, 0.3) is 5.91 Å². The number of hydrogen-bond donors (Lipinski definition) is 1. The second-order valence-corrected chi connectivity index (χ2v) is 9.98. The number of carbonyl (C=O) groups excluding carboxylic acids is 1. The van der Waals surface area contributed by atoms with E-state index in [-0.39, 0.29) is 17.8 Å². The summed E-state index contributed by atoms with van der Waals surface area (Å²) in [6.45, 7) is 4.94. The van der Waals surface area contributed by atoms with Crippen molar-refractivity contribution < 1.29 is 22.7 Å². The average molecular weight is 571 g/mol. The molecule has 1 aromatic carbocycles. The van der Waals surface area contributed by atoms with Gasteiger partial charge in [-0.1, -0.05) is 23.7 Å². The molecule has 1 amide bonds. The number of benzene rings is 1. The normalized spacial score (nSPS) is 13.7. The van der Waals surface area contributed by atoms with E-state index < -0.39 is 23.2 Å². The molecule has 0 saturated heterocycles. The minimum atomic E-state index is -4.51. The summed E-state index contributed by atoms with van der Waals surface area (Å²) in [6.07, 6.45) is 0.211. The van der Waals surface area contributed by atoms with Crippen LogP contribution in [0.15, 0.2) is 65.5 Å². The van der Waals surface area contributed by atoms with Gasteiger partial charge < -0.3 is 10.1 Å². The molecular formula is C25H24BrClF3N3O2. The molecule has 2 aromatic heterocycles. The number of pyridine rings is 2. The third kappa shape index (κ3) is 7.41. The molecule has 2 unspecified atom stereocenters. The molecule has 1 N–H and O–H groups in total. The van der Waals surface area contributed by atoms with Crippen LogP contribution in [0.2, 0.25) is 5.02 Å². The Bertz CT molecular complexity index is 1160. The third-order valence-electron chi connectivity index (χ3n) is 5.46. The van der Waals surface area contributed by atoms with Gasteiger partial charge in [0.05, 0.1) is 5.56 Å². The number of amides is 1. The van der Waals surface area contributed by atoms with Crippen molar-refractivity contribution in [2.45, 2.75) is 50.9 Å². The Morgan fingerprint density at radius 2 is 1.80 bits per heavy atom. The van der Waals surface area contributed by atoms with Crippen molar-refractivity contribution in [2.75, 3.05) is 0 Å². The minimum Gasteiger partial charge on any atom is -0.462 e. The molecule has 0 aliphatic carbocycles. The Morgan fingerprint density at radius 1 is 1.11 bits per heavy atom. The average Bonchev–Trinajstić information content (AvgIpc) is 2.78. The number of carbonyl (C=O) groups is 1. The molecule has 5 nitrogen and oxygen atoms in total. The van der Waals surface area contributed by atoms with Crippen LogP contribution >= 0.6 is 27.5 Å². The van der Waals surface area contributed by atoms with Gasteiger partial charge in [0.2, 0.25) is 5.88 Å². The zero-order valence-corrected chi connectivity index (χ0v) is 21.6. The summed E-state index contributed by atoms with van der Waals surface area (Å²) >= 11 is 9.46. The van der Waals surface area contributed by atoms with E-state index in [0.717, 1.165) is 27.7 Å². The van der Waals surface area contributed by atoms with Gasteiger partial charge in [0, 0.05) is 46.1 Å². The molecule has 0 bridgehead atoms. The van der Waals surface area contributed by atoms with Gasteiger partial charge >= 0.3 is 6.18 Å². The Hall–Kier alpha value is -2.65. The fourth-order valence-corrected chi connectivity index (χ4v) is 3.99. The van der Waals surface area contributed by atoms with Crippen LogP contribution in [0, 0.1) is 0 Å². The van der Waals surface area contributed by atoms with Gasteiger partial charge in [0.15, 0.2) is 5.60 Å². The number of rotatable bonds is 8. The lowest BCUT2D eigenvalue weighted by Gasteiger charge is -2.30. The zero-order valence-electron chi connectivity index (χ0n) is 19.2. The molecule has 0 fully saturated rings. The largest absolute Gasteiger partial charge is 0.462 e. The van der Waals surface area contributed by atoms with Crippen LogP contribution in [0.3, 0.4) is 0 Å². The molecule has 3 rings (SSSR count). The number of ether oxygens (including phenoxy) is 1. The van der Waals surface area contributed by atoms with E-state index in [0.29, 0.717) is 17.6 Å². The minimum absolute atomic E-state index is 0.0836. The van der Waals surface area contributed by atoms with Crippen molar-refractivity contribution in [1.29, 1.82) is 0 Å². The summed E-state index contributed by atoms with van der Waals surface area (Å²) in [4.78, 5) is 21.1. The Morgan fingerprint density at radius 3 is 2.37 bits per heavy atom. The highest BCUT2D eigenvalue weighted by molar-refractivity contribution is 9.10. The fourth-order valence-electron chi connectivity index (χ4n) is 3.49. The molecule has 0 radical (unpaired) electrons. The number of halogens is 5. The standard InChI is InChI=1S/C25H24BrClF3N3O2/c1-15(21(17-11-19(26)14-31-12-17)10-16-4-7-20(27)8-5-16)33-23(34)24(2,3)35-22-9-6-18(13-32-22)25(28,29)30/h4-9,11-15,21H,10H2,1-3H3,(H,33,34). The van der Waals surface area contributed by atoms with Crippen LogP contribution in [0.1, 0.15) is 43.4 Å². The van der Waals surface area contributed by atoms with Gasteiger partial charge in [-0.15, -0.1) is 0 Å². The maximum absolute atomic E-state index is 13.1. The van der Waals surface area contributed by atoms with E-state index in [1.807, 2.05) is 37.3 Å². The van der Waals surface area contributed by atoms with E-state index >= 15 is 0 Å². The highest BCUT2D eigenvalue weighted by Gasteiger charge is 2.34. The van der Waals surface area contributed by atoms with E-state index in [9.17, 15) is 18.0 Å². The van der Waals surface area contributed by atoms with Crippen LogP contribution < -0.4 is 10.1 Å². The lowest BCUT2D eigenvalue weighted by Crippen LogP contribution is -2.51. The van der Waals surface area contributed by atoms with Gasteiger partial charge in [-0.2, -0.15) is 13.2 Å². The Labute approximate surface area is 215 Å². The molecule has 186 valence electrons. The molecule has 10 heteroatoms. The van der Waals surface area contributed by atoms with Gasteiger partial charge in [-0.25, -0.2) is 4.98 Å². The monoisotopic (exact) mass is 569 g/mol. The zero-order chi connectivity index (χ0) is 25.8. The third-order valence-corrected chi connectivity index (χ3v) is 6.14. The van der Waals surface area contributed by atoms with Crippen LogP contribution in [-0.4, -0.2) is 27.5 Å². The SMILES string of the molecule is CC(NC(=O)C(C)(C)Oc1ccc(C(F)(F)F)cn1)C(Cc1ccc(Cl)cc1)c1cncc(Br)c1. The highest BCUT2D eigenvalue weighted by Crippen LogP contribution is 2.30. The number of aromatic nitrogens is 2. The van der Waals surface area contributed by atoms with Gasteiger partial charge in [-0.3, -0.25) is 9.78 Å². The van der Waals surface area contributed by atoms with Crippen molar-refractivity contribution >= 4 is 33.4 Å². The predicted molar refractivity (Wildman–Crippen MR) is 131 cm³/mol. The number of hydrogen-bond acceptors (Lipinski definition) is 4. The van der Waals surface area contributed by atoms with Crippen molar-refractivity contribution in [3.63, 3.8) is 0 Å². The second-order valence-electron chi connectivity index (χ2n) is 8.63. The van der Waals surface area contributed by atoms with Crippen LogP contribution in [-0.2, 0) is 17.4 Å². The molecular weight excluding hydrogens is 547 g/mol. The van der Waals surface area contributed by atoms with Crippen LogP contribution in [0.5, 0.6) is 5.88 Å². The van der Waals surface area contributed by atoms with E-state index in [1.165, 1.54) is 13.8 Å². The highest BCUT2D eigenvalue weighted by atomic mass is 79.9. The summed E-state index contributed by atoms with van der Waals surface area (Å²) in [6, 6.07) is 11.0. The van der Waals surface area contributed by atoms with Crippen LogP contribution in [0.4, 0.5) is 13.2 Å². The number of alkyl halides is 3. The first-order valence-electron chi connectivity index (χ1n) is 10.7. The van der Waals surface area contributed by atoms with Crippen molar-refractivity contribution in [3.05, 3.63) is 87.2 Å². The second kappa shape index (κ2) is 11.0. The lowest BCUT2D eigenvalue weighted by molar-refractivity contribution is -0.138. The van der Waals surface area contributed by atoms with Crippen LogP contribution in [0.25, 0.3) is 0 Å². The molecule has 35 heavy (non-hydrogen) atoms. The Kier molecular flexibility index (Phi) is 8.43. The van der Waals surface area contributed by atoms with E-state index in [1.54, 1.807) is 12.4 Å². The molecule has 0 aliphatic rings. The summed E-state index contributed by atoms with van der Waals surface area (Å²) in [5.74, 6) is -0.652. The molecule has 2 atom stereocenters. The number of nitrogens with one attached hydrogen (secondary N) is 1. The smallest absolute Gasteiger partial charge is 0.417 e. The molecule has 0 saturated carbocycles. The summed E-state index contributed by atoms with van der Waals surface area (Å²) < 4.78 is 44.8. The maximum atomic E-state index is 13.1. The van der Waals surface area contributed by atoms with Crippen molar-refractivity contribution in [2.24, 2.45) is 0 Å². The lowest BCUT2D eigenvalue weighted by atomic mass is 9.87. The van der Waals surface area contributed by atoms with Crippen molar-refractivity contribution in [3.8, 4) is 5.88 Å². The topological polar surface area (TPSA) is 64.1 Å².